The molecule has 0 spiro atoms. The van der Waals surface area contributed by atoms with Crippen LogP contribution in [0.25, 0.3) is 0 Å². The molecule has 1 unspecified atom stereocenters. The second-order valence-corrected chi connectivity index (χ2v) is 6.69. The topological polar surface area (TPSA) is 58.2 Å². The van der Waals surface area contributed by atoms with E-state index in [1.807, 2.05) is 6.92 Å². The number of fused-ring (bicyclic) bond motifs is 1. The number of anilines is 1. The van der Waals surface area contributed by atoms with E-state index >= 15 is 0 Å². The summed E-state index contributed by atoms with van der Waals surface area (Å²) in [5.41, 5.74) is 5.16. The highest BCUT2D eigenvalue weighted by Crippen LogP contribution is 2.24. The quantitative estimate of drug-likeness (QED) is 0.798. The van der Waals surface area contributed by atoms with Gasteiger partial charge in [-0.1, -0.05) is 30.3 Å². The second-order valence-electron chi connectivity index (χ2n) is 6.69. The normalized spacial score (nSPS) is 14.3. The molecule has 0 bridgehead atoms. The van der Waals surface area contributed by atoms with Crippen molar-refractivity contribution in [3.8, 4) is 0 Å². The Labute approximate surface area is 148 Å². The van der Waals surface area contributed by atoms with Crippen molar-refractivity contribution in [2.45, 2.75) is 45.6 Å². The van der Waals surface area contributed by atoms with Crippen molar-refractivity contribution >= 4 is 17.5 Å². The van der Waals surface area contributed by atoms with Gasteiger partial charge < -0.3 is 10.6 Å². The Balaban J connectivity index is 1.64. The predicted molar refractivity (Wildman–Crippen MR) is 100 cm³/mol. The molecule has 0 aromatic heterocycles. The highest BCUT2D eigenvalue weighted by atomic mass is 16.2. The van der Waals surface area contributed by atoms with Crippen molar-refractivity contribution < 1.29 is 9.59 Å². The van der Waals surface area contributed by atoms with Gasteiger partial charge in [-0.25, -0.2) is 4.79 Å². The van der Waals surface area contributed by atoms with Crippen LogP contribution in [0.5, 0.6) is 0 Å². The van der Waals surface area contributed by atoms with Crippen LogP contribution in [0.4, 0.5) is 10.5 Å². The Kier molecular flexibility index (Phi) is 5.17. The summed E-state index contributed by atoms with van der Waals surface area (Å²) in [6.45, 7) is 3.49. The molecule has 1 atom stereocenters. The Morgan fingerprint density at radius 1 is 1.00 bits per heavy atom. The van der Waals surface area contributed by atoms with Gasteiger partial charge in [0.15, 0.2) is 5.78 Å². The van der Waals surface area contributed by atoms with Gasteiger partial charge in [-0.15, -0.1) is 0 Å². The van der Waals surface area contributed by atoms with Crippen LogP contribution < -0.4 is 10.6 Å². The maximum absolute atomic E-state index is 12.3. The fraction of sp³-hybridized carbons (Fsp3) is 0.333. The molecule has 2 aromatic rings. The van der Waals surface area contributed by atoms with Crippen LogP contribution in [0.1, 0.15) is 59.8 Å². The molecule has 2 aromatic carbocycles. The van der Waals surface area contributed by atoms with E-state index in [0.717, 1.165) is 18.4 Å². The van der Waals surface area contributed by atoms with Crippen LogP contribution in [0.3, 0.4) is 0 Å². The first-order valence-electron chi connectivity index (χ1n) is 8.83. The van der Waals surface area contributed by atoms with Crippen LogP contribution in [0.15, 0.2) is 42.5 Å². The third-order valence-electron chi connectivity index (χ3n) is 4.75. The lowest BCUT2D eigenvalue weighted by molar-refractivity contribution is 0.101. The highest BCUT2D eigenvalue weighted by Gasteiger charge is 2.14. The molecule has 4 heteroatoms. The van der Waals surface area contributed by atoms with Crippen LogP contribution in [0.2, 0.25) is 0 Å². The molecule has 3 rings (SSSR count). The molecule has 4 nitrogen and oxygen atoms in total. The van der Waals surface area contributed by atoms with Crippen LogP contribution >= 0.6 is 0 Å². The van der Waals surface area contributed by atoms with Crippen molar-refractivity contribution in [2.24, 2.45) is 0 Å². The van der Waals surface area contributed by atoms with Gasteiger partial charge in [0.05, 0.1) is 6.04 Å². The molecular formula is C21H24N2O2. The van der Waals surface area contributed by atoms with Gasteiger partial charge in [-0.3, -0.25) is 4.79 Å². The van der Waals surface area contributed by atoms with Gasteiger partial charge in [-0.05, 0) is 68.4 Å². The van der Waals surface area contributed by atoms with E-state index in [-0.39, 0.29) is 17.9 Å². The third kappa shape index (κ3) is 4.27. The molecule has 1 aliphatic carbocycles. The number of hydrogen-bond donors (Lipinski definition) is 2. The number of urea groups is 1. The first-order valence-corrected chi connectivity index (χ1v) is 8.83. The fourth-order valence-corrected chi connectivity index (χ4v) is 3.29. The van der Waals surface area contributed by atoms with E-state index < -0.39 is 0 Å². The summed E-state index contributed by atoms with van der Waals surface area (Å²) < 4.78 is 0. The van der Waals surface area contributed by atoms with Crippen molar-refractivity contribution in [2.75, 3.05) is 5.32 Å². The van der Waals surface area contributed by atoms with Crippen molar-refractivity contribution in [1.29, 1.82) is 0 Å². The number of rotatable bonds is 4. The summed E-state index contributed by atoms with van der Waals surface area (Å²) in [5.74, 6) is -0.0218. The van der Waals surface area contributed by atoms with Gasteiger partial charge in [0.1, 0.15) is 0 Å². The third-order valence-corrected chi connectivity index (χ3v) is 4.75. The average Bonchev–Trinajstić information content (AvgIpc) is 2.61. The zero-order valence-electron chi connectivity index (χ0n) is 14.8. The average molecular weight is 336 g/mol. The van der Waals surface area contributed by atoms with Gasteiger partial charge in [0, 0.05) is 11.3 Å². The summed E-state index contributed by atoms with van der Waals surface area (Å²) in [7, 11) is 0. The van der Waals surface area contributed by atoms with Gasteiger partial charge >= 0.3 is 6.03 Å². The lowest BCUT2D eigenvalue weighted by atomic mass is 9.89. The van der Waals surface area contributed by atoms with Crippen molar-refractivity contribution in [3.05, 3.63) is 64.7 Å². The van der Waals surface area contributed by atoms with E-state index in [4.69, 9.17) is 0 Å². The van der Waals surface area contributed by atoms with E-state index in [1.54, 1.807) is 24.3 Å². The first-order chi connectivity index (χ1) is 12.0. The summed E-state index contributed by atoms with van der Waals surface area (Å²) >= 11 is 0. The lowest BCUT2D eigenvalue weighted by Crippen LogP contribution is -2.31. The molecule has 130 valence electrons. The Hall–Kier alpha value is -2.62. The highest BCUT2D eigenvalue weighted by molar-refractivity contribution is 5.96. The predicted octanol–water partition coefficient (Wildman–Crippen LogP) is 4.65. The molecule has 2 amide bonds. The summed E-state index contributed by atoms with van der Waals surface area (Å²) in [5, 5.41) is 5.76. The van der Waals surface area contributed by atoms with Crippen molar-refractivity contribution in [3.63, 3.8) is 0 Å². The van der Waals surface area contributed by atoms with Crippen LogP contribution in [-0.2, 0) is 12.8 Å². The zero-order chi connectivity index (χ0) is 17.8. The fourth-order valence-electron chi connectivity index (χ4n) is 3.29. The van der Waals surface area contributed by atoms with Crippen molar-refractivity contribution in [1.82, 2.24) is 5.32 Å². The van der Waals surface area contributed by atoms with Crippen LogP contribution in [0, 0.1) is 0 Å². The number of benzene rings is 2. The van der Waals surface area contributed by atoms with Gasteiger partial charge in [-0.2, -0.15) is 0 Å². The monoisotopic (exact) mass is 336 g/mol. The number of Topliss-reactive ketones (excluding diaryl/α,β-unsaturated/α-hetero) is 1. The molecule has 0 aliphatic heterocycles. The molecule has 25 heavy (non-hydrogen) atoms. The van der Waals surface area contributed by atoms with E-state index in [2.05, 4.69) is 28.8 Å². The Morgan fingerprint density at radius 2 is 1.76 bits per heavy atom. The zero-order valence-corrected chi connectivity index (χ0v) is 14.8. The molecule has 0 saturated heterocycles. The largest absolute Gasteiger partial charge is 0.331 e. The first kappa shape index (κ1) is 17.2. The molecule has 0 fully saturated rings. The number of nitrogens with one attached hydrogen (secondary N) is 2. The number of carbonyl (C=O) groups excluding carboxylic acids is 2. The minimum atomic E-state index is -0.272. The number of ketones is 1. The molecular weight excluding hydrogens is 312 g/mol. The standard InChI is InChI=1S/C21H24N2O2/c1-14(17-11-10-16-6-3-4-7-19(16)12-17)22-21(25)23-20-9-5-8-18(13-20)15(2)24/h5,8-14H,3-4,6-7H2,1-2H3,(H2,22,23,25). The second kappa shape index (κ2) is 7.51. The lowest BCUT2D eigenvalue weighted by Gasteiger charge is -2.20. The number of aryl methyl sites for hydroxylation is 2. The summed E-state index contributed by atoms with van der Waals surface area (Å²) in [6, 6.07) is 13.1. The minimum absolute atomic E-state index is 0.0218. The van der Waals surface area contributed by atoms with Gasteiger partial charge in [0.25, 0.3) is 0 Å². The number of carbonyl (C=O) groups is 2. The van der Waals surface area contributed by atoms with E-state index in [9.17, 15) is 9.59 Å². The maximum Gasteiger partial charge on any atom is 0.319 e. The molecule has 0 saturated carbocycles. The van der Waals surface area contributed by atoms with Gasteiger partial charge in [0.2, 0.25) is 0 Å². The summed E-state index contributed by atoms with van der Waals surface area (Å²) in [4.78, 5) is 23.7. The number of amides is 2. The van der Waals surface area contributed by atoms with E-state index in [0.29, 0.717) is 11.3 Å². The number of hydrogen-bond acceptors (Lipinski definition) is 2. The Bertz CT molecular complexity index is 798. The maximum atomic E-state index is 12.3. The molecule has 1 aliphatic rings. The Morgan fingerprint density at radius 3 is 2.52 bits per heavy atom. The molecule has 0 radical (unpaired) electrons. The minimum Gasteiger partial charge on any atom is -0.331 e. The SMILES string of the molecule is CC(=O)c1cccc(NC(=O)NC(C)c2ccc3c(c2)CCCC3)c1. The van der Waals surface area contributed by atoms with E-state index in [1.165, 1.54) is 30.9 Å². The van der Waals surface area contributed by atoms with Crippen LogP contribution in [-0.4, -0.2) is 11.8 Å². The molecule has 2 N–H and O–H groups in total. The summed E-state index contributed by atoms with van der Waals surface area (Å²) in [6.07, 6.45) is 4.79. The molecule has 0 heterocycles. The smallest absolute Gasteiger partial charge is 0.319 e.